The van der Waals surface area contributed by atoms with Gasteiger partial charge >= 0.3 is 0 Å². The minimum absolute atomic E-state index is 0.299. The van der Waals surface area contributed by atoms with Crippen molar-refractivity contribution in [3.8, 4) is 5.69 Å². The highest BCUT2D eigenvalue weighted by molar-refractivity contribution is 6.34. The maximum atomic E-state index is 13.0. The second-order valence-corrected chi connectivity index (χ2v) is 5.88. The van der Waals surface area contributed by atoms with Crippen molar-refractivity contribution >= 4 is 23.2 Å². The Kier molecular flexibility index (Phi) is 4.36. The van der Waals surface area contributed by atoms with Crippen LogP contribution in [0.15, 0.2) is 48.7 Å². The van der Waals surface area contributed by atoms with Crippen molar-refractivity contribution in [2.75, 3.05) is 5.32 Å². The molecule has 122 valence electrons. The summed E-state index contributed by atoms with van der Waals surface area (Å²) in [5, 5.41) is 7.48. The van der Waals surface area contributed by atoms with Crippen LogP contribution in [0, 0.1) is 19.7 Å². The van der Waals surface area contributed by atoms with Crippen LogP contribution >= 0.6 is 11.6 Å². The number of anilines is 1. The molecule has 3 aromatic rings. The fraction of sp³-hybridized carbons (Fsp3) is 0.111. The fourth-order valence-electron chi connectivity index (χ4n) is 2.39. The van der Waals surface area contributed by atoms with E-state index in [1.54, 1.807) is 35.9 Å². The highest BCUT2D eigenvalue weighted by atomic mass is 35.5. The molecule has 0 aliphatic heterocycles. The Morgan fingerprint density at radius 2 is 1.88 bits per heavy atom. The van der Waals surface area contributed by atoms with Gasteiger partial charge in [-0.3, -0.25) is 4.79 Å². The Morgan fingerprint density at radius 1 is 1.17 bits per heavy atom. The minimum Gasteiger partial charge on any atom is -0.321 e. The van der Waals surface area contributed by atoms with E-state index in [-0.39, 0.29) is 11.7 Å². The van der Waals surface area contributed by atoms with Gasteiger partial charge in [0.15, 0.2) is 0 Å². The van der Waals surface area contributed by atoms with Gasteiger partial charge < -0.3 is 5.32 Å². The Balaban J connectivity index is 1.87. The first-order chi connectivity index (χ1) is 11.5. The van der Waals surface area contributed by atoms with Crippen molar-refractivity contribution < 1.29 is 9.18 Å². The Morgan fingerprint density at radius 3 is 2.54 bits per heavy atom. The van der Waals surface area contributed by atoms with Crippen LogP contribution in [0.1, 0.15) is 21.6 Å². The molecule has 0 aliphatic rings. The van der Waals surface area contributed by atoms with E-state index in [4.69, 9.17) is 11.6 Å². The number of benzene rings is 2. The zero-order valence-corrected chi connectivity index (χ0v) is 13.9. The third-order valence-electron chi connectivity index (χ3n) is 3.70. The molecule has 0 fully saturated rings. The van der Waals surface area contributed by atoms with E-state index in [0.717, 1.165) is 5.56 Å². The zero-order chi connectivity index (χ0) is 17.3. The van der Waals surface area contributed by atoms with Gasteiger partial charge in [-0.15, -0.1) is 0 Å². The number of rotatable bonds is 3. The predicted octanol–water partition coefficient (Wildman–Crippen LogP) is 4.53. The van der Waals surface area contributed by atoms with Gasteiger partial charge in [0.2, 0.25) is 0 Å². The van der Waals surface area contributed by atoms with Crippen LogP contribution in [-0.2, 0) is 0 Å². The lowest BCUT2D eigenvalue weighted by Gasteiger charge is -2.08. The molecule has 6 heteroatoms. The average molecular weight is 344 g/mol. The number of halogens is 2. The quantitative estimate of drug-likeness (QED) is 0.759. The van der Waals surface area contributed by atoms with Crippen molar-refractivity contribution in [1.82, 2.24) is 9.78 Å². The van der Waals surface area contributed by atoms with Crippen LogP contribution in [0.5, 0.6) is 0 Å². The van der Waals surface area contributed by atoms with E-state index < -0.39 is 0 Å². The number of aromatic nitrogens is 2. The van der Waals surface area contributed by atoms with Crippen LogP contribution < -0.4 is 5.32 Å². The van der Waals surface area contributed by atoms with Crippen molar-refractivity contribution in [3.05, 3.63) is 76.3 Å². The number of hydrogen-bond acceptors (Lipinski definition) is 2. The summed E-state index contributed by atoms with van der Waals surface area (Å²) in [6.07, 6.45) is 1.48. The summed E-state index contributed by atoms with van der Waals surface area (Å²) in [6.45, 7) is 3.70. The van der Waals surface area contributed by atoms with Crippen molar-refractivity contribution in [2.45, 2.75) is 13.8 Å². The van der Waals surface area contributed by atoms with Crippen LogP contribution in [0.4, 0.5) is 10.1 Å². The lowest BCUT2D eigenvalue weighted by atomic mass is 10.2. The molecule has 2 aromatic carbocycles. The minimum atomic E-state index is -0.324. The van der Waals surface area contributed by atoms with E-state index in [2.05, 4.69) is 10.4 Å². The Hall–Kier alpha value is -2.66. The third kappa shape index (κ3) is 3.16. The second kappa shape index (κ2) is 6.45. The van der Waals surface area contributed by atoms with Gasteiger partial charge in [-0.25, -0.2) is 9.07 Å². The molecule has 1 heterocycles. The maximum Gasteiger partial charge on any atom is 0.259 e. The summed E-state index contributed by atoms with van der Waals surface area (Å²) in [6, 6.07) is 11.3. The van der Waals surface area contributed by atoms with E-state index in [1.165, 1.54) is 18.3 Å². The van der Waals surface area contributed by atoms with Gasteiger partial charge in [-0.05, 0) is 55.8 Å². The largest absolute Gasteiger partial charge is 0.321 e. The first kappa shape index (κ1) is 16.2. The monoisotopic (exact) mass is 343 g/mol. The topological polar surface area (TPSA) is 46.9 Å². The Bertz CT molecular complexity index is 903. The summed E-state index contributed by atoms with van der Waals surface area (Å²) in [4.78, 5) is 12.5. The molecule has 0 spiro atoms. The molecule has 0 saturated carbocycles. The van der Waals surface area contributed by atoms with Gasteiger partial charge in [-0.1, -0.05) is 17.7 Å². The summed E-state index contributed by atoms with van der Waals surface area (Å²) >= 11 is 6.15. The van der Waals surface area contributed by atoms with E-state index >= 15 is 0 Å². The van der Waals surface area contributed by atoms with Gasteiger partial charge in [0.25, 0.3) is 5.91 Å². The number of nitrogens with zero attached hydrogens (tertiary/aromatic N) is 2. The lowest BCUT2D eigenvalue weighted by molar-refractivity contribution is 0.102. The molecule has 1 N–H and O–H groups in total. The number of nitrogens with one attached hydrogen (secondary N) is 1. The van der Waals surface area contributed by atoms with Crippen LogP contribution in [-0.4, -0.2) is 15.7 Å². The maximum absolute atomic E-state index is 13.0. The molecule has 1 aromatic heterocycles. The predicted molar refractivity (Wildman–Crippen MR) is 92.4 cm³/mol. The highest BCUT2D eigenvalue weighted by Gasteiger charge is 2.16. The normalized spacial score (nSPS) is 10.7. The molecule has 0 bridgehead atoms. The first-order valence-electron chi connectivity index (χ1n) is 7.34. The van der Waals surface area contributed by atoms with Gasteiger partial charge in [0, 0.05) is 0 Å². The molecule has 4 nitrogen and oxygen atoms in total. The molecule has 3 rings (SSSR count). The highest BCUT2D eigenvalue weighted by Crippen LogP contribution is 2.24. The SMILES string of the molecule is Cc1ccc(NC(=O)c2cnn(-c3ccc(F)cc3)c2C)c(Cl)c1. The summed E-state index contributed by atoms with van der Waals surface area (Å²) < 4.78 is 14.6. The average Bonchev–Trinajstić information content (AvgIpc) is 2.92. The van der Waals surface area contributed by atoms with Crippen molar-refractivity contribution in [1.29, 1.82) is 0 Å². The fourth-order valence-corrected chi connectivity index (χ4v) is 2.67. The van der Waals surface area contributed by atoms with Crippen molar-refractivity contribution in [3.63, 3.8) is 0 Å². The lowest BCUT2D eigenvalue weighted by Crippen LogP contribution is -2.13. The van der Waals surface area contributed by atoms with E-state index in [1.807, 2.05) is 13.0 Å². The molecule has 0 saturated heterocycles. The molecular weight excluding hydrogens is 329 g/mol. The summed E-state index contributed by atoms with van der Waals surface area (Å²) in [7, 11) is 0. The third-order valence-corrected chi connectivity index (χ3v) is 4.01. The number of amides is 1. The Labute approximate surface area is 143 Å². The number of aryl methyl sites for hydroxylation is 1. The smallest absolute Gasteiger partial charge is 0.259 e. The van der Waals surface area contributed by atoms with E-state index in [9.17, 15) is 9.18 Å². The van der Waals surface area contributed by atoms with Crippen LogP contribution in [0.25, 0.3) is 5.69 Å². The first-order valence-corrected chi connectivity index (χ1v) is 7.71. The van der Waals surface area contributed by atoms with Crippen molar-refractivity contribution in [2.24, 2.45) is 0 Å². The molecule has 0 aliphatic carbocycles. The van der Waals surface area contributed by atoms with Gasteiger partial charge in [-0.2, -0.15) is 5.10 Å². The zero-order valence-electron chi connectivity index (χ0n) is 13.2. The number of hydrogen-bond donors (Lipinski definition) is 1. The molecule has 0 unspecified atom stereocenters. The number of carbonyl (C=O) groups is 1. The standard InChI is InChI=1S/C18H15ClFN3O/c1-11-3-8-17(16(19)9-11)22-18(24)15-10-21-23(12(15)2)14-6-4-13(20)5-7-14/h3-10H,1-2H3,(H,22,24). The summed E-state index contributed by atoms with van der Waals surface area (Å²) in [5.41, 5.74) is 3.32. The van der Waals surface area contributed by atoms with Gasteiger partial charge in [0.1, 0.15) is 5.82 Å². The molecular formula is C18H15ClFN3O. The molecule has 24 heavy (non-hydrogen) atoms. The molecule has 1 amide bonds. The molecule has 0 atom stereocenters. The van der Waals surface area contributed by atoms with E-state index in [0.29, 0.717) is 27.7 Å². The number of carbonyl (C=O) groups excluding carboxylic acids is 1. The summed E-state index contributed by atoms with van der Waals surface area (Å²) in [5.74, 6) is -0.623. The van der Waals surface area contributed by atoms with Gasteiger partial charge in [0.05, 0.1) is 33.9 Å². The second-order valence-electron chi connectivity index (χ2n) is 5.47. The van der Waals surface area contributed by atoms with Crippen LogP contribution in [0.2, 0.25) is 5.02 Å². The molecule has 0 radical (unpaired) electrons. The van der Waals surface area contributed by atoms with Crippen LogP contribution in [0.3, 0.4) is 0 Å².